The lowest BCUT2D eigenvalue weighted by atomic mass is 10.2. The van der Waals surface area contributed by atoms with Crippen molar-refractivity contribution in [3.8, 4) is 0 Å². The van der Waals surface area contributed by atoms with Crippen LogP contribution in [0.2, 0.25) is 0 Å². The third-order valence-electron chi connectivity index (χ3n) is 3.80. The van der Waals surface area contributed by atoms with E-state index in [1.807, 2.05) is 35.9 Å². The Bertz CT molecular complexity index is 617. The van der Waals surface area contributed by atoms with Crippen LogP contribution in [0.15, 0.2) is 29.4 Å². The minimum Gasteiger partial charge on any atom is -0.353 e. The molecule has 3 rings (SSSR count). The predicted octanol–water partition coefficient (Wildman–Crippen LogP) is 2.72. The van der Waals surface area contributed by atoms with Gasteiger partial charge in [-0.3, -0.25) is 4.79 Å². The number of hydrogen-bond acceptors (Lipinski definition) is 3. The SMILES string of the molecule is Cn1c(SCC(=O)NC2CCCC2)nc2ccccc21. The first-order valence-corrected chi connectivity index (χ1v) is 8.06. The summed E-state index contributed by atoms with van der Waals surface area (Å²) in [6, 6.07) is 8.42. The number of hydrogen-bond donors (Lipinski definition) is 1. The second-order valence-electron chi connectivity index (χ2n) is 5.28. The van der Waals surface area contributed by atoms with E-state index in [4.69, 9.17) is 0 Å². The second-order valence-corrected chi connectivity index (χ2v) is 6.22. The number of aryl methyl sites for hydroxylation is 1. The first-order chi connectivity index (χ1) is 9.74. The number of fused-ring (bicyclic) bond motifs is 1. The fourth-order valence-electron chi connectivity index (χ4n) is 2.72. The van der Waals surface area contributed by atoms with Gasteiger partial charge in [-0.25, -0.2) is 4.98 Å². The smallest absolute Gasteiger partial charge is 0.230 e. The highest BCUT2D eigenvalue weighted by molar-refractivity contribution is 7.99. The van der Waals surface area contributed by atoms with E-state index < -0.39 is 0 Å². The van der Waals surface area contributed by atoms with Crippen molar-refractivity contribution in [2.45, 2.75) is 36.9 Å². The number of para-hydroxylation sites is 2. The van der Waals surface area contributed by atoms with E-state index in [-0.39, 0.29) is 5.91 Å². The molecule has 1 aromatic heterocycles. The molecule has 1 fully saturated rings. The molecule has 1 saturated carbocycles. The monoisotopic (exact) mass is 289 g/mol. The van der Waals surface area contributed by atoms with Crippen molar-refractivity contribution < 1.29 is 4.79 Å². The Morgan fingerprint density at radius 3 is 2.90 bits per heavy atom. The van der Waals surface area contributed by atoms with Crippen LogP contribution in [0, 0.1) is 0 Å². The van der Waals surface area contributed by atoms with E-state index in [1.165, 1.54) is 24.6 Å². The highest BCUT2D eigenvalue weighted by Gasteiger charge is 2.17. The zero-order valence-electron chi connectivity index (χ0n) is 11.6. The van der Waals surface area contributed by atoms with Gasteiger partial charge < -0.3 is 9.88 Å². The molecular weight excluding hydrogens is 270 g/mol. The van der Waals surface area contributed by atoms with Gasteiger partial charge in [-0.15, -0.1) is 0 Å². The number of nitrogens with zero attached hydrogens (tertiary/aromatic N) is 2. The number of amides is 1. The zero-order chi connectivity index (χ0) is 13.9. The van der Waals surface area contributed by atoms with Gasteiger partial charge in [0.05, 0.1) is 16.8 Å². The molecule has 1 heterocycles. The normalized spacial score (nSPS) is 15.8. The van der Waals surface area contributed by atoms with Crippen LogP contribution < -0.4 is 5.32 Å². The summed E-state index contributed by atoms with van der Waals surface area (Å²) in [7, 11) is 1.99. The fourth-order valence-corrected chi connectivity index (χ4v) is 3.52. The molecule has 0 bridgehead atoms. The molecular formula is C15H19N3OS. The summed E-state index contributed by atoms with van der Waals surface area (Å²) in [5.74, 6) is 0.558. The Morgan fingerprint density at radius 2 is 2.15 bits per heavy atom. The number of aromatic nitrogens is 2. The molecule has 1 aromatic carbocycles. The lowest BCUT2D eigenvalue weighted by Gasteiger charge is -2.11. The molecule has 1 N–H and O–H groups in total. The van der Waals surface area contributed by atoms with Gasteiger partial charge in [0.25, 0.3) is 0 Å². The number of rotatable bonds is 4. The van der Waals surface area contributed by atoms with Gasteiger partial charge in [0.1, 0.15) is 0 Å². The van der Waals surface area contributed by atoms with Crippen molar-refractivity contribution in [1.82, 2.24) is 14.9 Å². The summed E-state index contributed by atoms with van der Waals surface area (Å²) in [6.07, 6.45) is 4.73. The molecule has 5 heteroatoms. The van der Waals surface area contributed by atoms with Crippen molar-refractivity contribution in [3.63, 3.8) is 0 Å². The Hall–Kier alpha value is -1.49. The summed E-state index contributed by atoms with van der Waals surface area (Å²) in [4.78, 5) is 16.5. The number of carbonyl (C=O) groups is 1. The van der Waals surface area contributed by atoms with Crippen molar-refractivity contribution in [1.29, 1.82) is 0 Å². The minimum absolute atomic E-state index is 0.119. The summed E-state index contributed by atoms with van der Waals surface area (Å²) in [5, 5.41) is 4.00. The summed E-state index contributed by atoms with van der Waals surface area (Å²) in [6.45, 7) is 0. The molecule has 4 nitrogen and oxygen atoms in total. The number of carbonyl (C=O) groups excluding carboxylic acids is 1. The number of benzene rings is 1. The Morgan fingerprint density at radius 1 is 1.40 bits per heavy atom. The maximum atomic E-state index is 11.9. The summed E-state index contributed by atoms with van der Waals surface area (Å²) < 4.78 is 2.04. The van der Waals surface area contributed by atoms with E-state index in [1.54, 1.807) is 0 Å². The number of imidazole rings is 1. The van der Waals surface area contributed by atoms with Crippen molar-refractivity contribution in [2.75, 3.05) is 5.75 Å². The molecule has 0 atom stereocenters. The lowest BCUT2D eigenvalue weighted by molar-refractivity contribution is -0.119. The molecule has 106 valence electrons. The van der Waals surface area contributed by atoms with E-state index in [2.05, 4.69) is 10.3 Å². The molecule has 0 spiro atoms. The highest BCUT2D eigenvalue weighted by Crippen LogP contribution is 2.23. The fraction of sp³-hybridized carbons (Fsp3) is 0.467. The summed E-state index contributed by atoms with van der Waals surface area (Å²) in [5.41, 5.74) is 2.08. The minimum atomic E-state index is 0.119. The molecule has 1 amide bonds. The van der Waals surface area contributed by atoms with Crippen LogP contribution in [0.4, 0.5) is 0 Å². The van der Waals surface area contributed by atoms with Crippen LogP contribution in [0.3, 0.4) is 0 Å². The van der Waals surface area contributed by atoms with E-state index >= 15 is 0 Å². The highest BCUT2D eigenvalue weighted by atomic mass is 32.2. The van der Waals surface area contributed by atoms with Crippen LogP contribution in [-0.2, 0) is 11.8 Å². The van der Waals surface area contributed by atoms with E-state index in [9.17, 15) is 4.79 Å². The topological polar surface area (TPSA) is 46.9 Å². The molecule has 0 unspecified atom stereocenters. The van der Waals surface area contributed by atoms with Crippen molar-refractivity contribution >= 4 is 28.7 Å². The average Bonchev–Trinajstić information content (AvgIpc) is 3.06. The maximum absolute atomic E-state index is 11.9. The van der Waals surface area contributed by atoms with Gasteiger partial charge in [-0.1, -0.05) is 36.7 Å². The zero-order valence-corrected chi connectivity index (χ0v) is 12.4. The summed E-state index contributed by atoms with van der Waals surface area (Å²) >= 11 is 1.50. The molecule has 0 aliphatic heterocycles. The van der Waals surface area contributed by atoms with Gasteiger partial charge in [0.2, 0.25) is 5.91 Å². The van der Waals surface area contributed by atoms with Gasteiger partial charge in [0.15, 0.2) is 5.16 Å². The molecule has 1 aliphatic carbocycles. The van der Waals surface area contributed by atoms with Gasteiger partial charge >= 0.3 is 0 Å². The second kappa shape index (κ2) is 5.87. The van der Waals surface area contributed by atoms with Crippen LogP contribution in [0.25, 0.3) is 11.0 Å². The van der Waals surface area contributed by atoms with Crippen molar-refractivity contribution in [3.05, 3.63) is 24.3 Å². The first-order valence-electron chi connectivity index (χ1n) is 7.07. The Balaban J connectivity index is 1.61. The van der Waals surface area contributed by atoms with Gasteiger partial charge in [0, 0.05) is 13.1 Å². The van der Waals surface area contributed by atoms with Crippen LogP contribution >= 0.6 is 11.8 Å². The number of nitrogens with one attached hydrogen (secondary N) is 1. The molecule has 1 aliphatic rings. The average molecular weight is 289 g/mol. The molecule has 0 radical (unpaired) electrons. The van der Waals surface area contributed by atoms with Crippen molar-refractivity contribution in [2.24, 2.45) is 7.05 Å². The van der Waals surface area contributed by atoms with Crippen LogP contribution in [-0.4, -0.2) is 27.3 Å². The quantitative estimate of drug-likeness (QED) is 0.880. The first kappa shape index (κ1) is 13.5. The lowest BCUT2D eigenvalue weighted by Crippen LogP contribution is -2.33. The van der Waals surface area contributed by atoms with Gasteiger partial charge in [-0.2, -0.15) is 0 Å². The third kappa shape index (κ3) is 2.82. The van der Waals surface area contributed by atoms with Gasteiger partial charge in [-0.05, 0) is 25.0 Å². The maximum Gasteiger partial charge on any atom is 0.230 e. The van der Waals surface area contributed by atoms with Crippen LogP contribution in [0.5, 0.6) is 0 Å². The largest absolute Gasteiger partial charge is 0.353 e. The Labute approximate surface area is 123 Å². The predicted molar refractivity (Wildman–Crippen MR) is 81.8 cm³/mol. The molecule has 20 heavy (non-hydrogen) atoms. The molecule has 2 aromatic rings. The Kier molecular flexibility index (Phi) is 3.96. The van der Waals surface area contributed by atoms with Crippen LogP contribution in [0.1, 0.15) is 25.7 Å². The molecule has 0 saturated heterocycles. The number of thioether (sulfide) groups is 1. The third-order valence-corrected chi connectivity index (χ3v) is 4.83. The van der Waals surface area contributed by atoms with E-state index in [0.29, 0.717) is 11.8 Å². The standard InChI is InChI=1S/C15H19N3OS/c1-18-13-9-5-4-8-12(13)17-15(18)20-10-14(19)16-11-6-2-3-7-11/h4-5,8-9,11H,2-3,6-7,10H2,1H3,(H,16,19). The van der Waals surface area contributed by atoms with E-state index in [0.717, 1.165) is 29.0 Å².